The van der Waals surface area contributed by atoms with Crippen LogP contribution in [0.25, 0.3) is 10.8 Å². The summed E-state index contributed by atoms with van der Waals surface area (Å²) >= 11 is 5.01. The molecule has 0 heterocycles. The molecule has 0 amide bonds. The molecular formula is C12H10N2OS. The van der Waals surface area contributed by atoms with Crippen LogP contribution in [-0.4, -0.2) is 4.99 Å². The number of nitrogens with one attached hydrogen (secondary N) is 1. The molecule has 0 fully saturated rings. The smallest absolute Gasteiger partial charge is 0.115 e. The number of hydrogen-bond donors (Lipinski definition) is 1. The van der Waals surface area contributed by atoms with E-state index in [4.69, 9.17) is 12.2 Å². The first kappa shape index (κ1) is 10.7. The molecule has 0 saturated heterocycles. The average Bonchev–Trinajstić information content (AvgIpc) is 2.28. The Labute approximate surface area is 98.4 Å². The Kier molecular flexibility index (Phi) is 2.92. The van der Waals surface area contributed by atoms with Crippen LogP contribution in [0.4, 0.5) is 11.4 Å². The summed E-state index contributed by atoms with van der Waals surface area (Å²) in [7, 11) is 0. The van der Waals surface area contributed by atoms with Gasteiger partial charge in [0.05, 0.1) is 4.99 Å². The minimum atomic E-state index is 0.447. The monoisotopic (exact) mass is 230 g/mol. The summed E-state index contributed by atoms with van der Waals surface area (Å²) in [5, 5.41) is 7.88. The van der Waals surface area contributed by atoms with Crippen molar-refractivity contribution in [1.82, 2.24) is 0 Å². The highest BCUT2D eigenvalue weighted by Crippen LogP contribution is 2.30. The average molecular weight is 230 g/mol. The van der Waals surface area contributed by atoms with Crippen LogP contribution in [0.5, 0.6) is 0 Å². The van der Waals surface area contributed by atoms with Crippen molar-refractivity contribution >= 4 is 39.4 Å². The Balaban J connectivity index is 2.68. The summed E-state index contributed by atoms with van der Waals surface area (Å²) in [4.78, 5) is 11.3. The number of nitrogens with zero attached hydrogens (tertiary/aromatic N) is 1. The van der Waals surface area contributed by atoms with E-state index < -0.39 is 0 Å². The fourth-order valence-electron chi connectivity index (χ4n) is 1.67. The zero-order chi connectivity index (χ0) is 11.5. The van der Waals surface area contributed by atoms with Crippen molar-refractivity contribution < 1.29 is 0 Å². The molecule has 0 bridgehead atoms. The molecule has 0 aliphatic heterocycles. The van der Waals surface area contributed by atoms with Gasteiger partial charge in [-0.25, -0.2) is 0 Å². The molecule has 0 aliphatic rings. The highest BCUT2D eigenvalue weighted by atomic mass is 32.1. The molecule has 2 rings (SSSR count). The zero-order valence-corrected chi connectivity index (χ0v) is 9.54. The first-order valence-electron chi connectivity index (χ1n) is 4.85. The van der Waals surface area contributed by atoms with E-state index in [1.165, 1.54) is 0 Å². The Morgan fingerprint density at radius 2 is 1.88 bits per heavy atom. The third-order valence-electron chi connectivity index (χ3n) is 2.31. The molecule has 4 heteroatoms. The lowest BCUT2D eigenvalue weighted by molar-refractivity contribution is 1.53. The van der Waals surface area contributed by atoms with Crippen LogP contribution in [0.1, 0.15) is 6.92 Å². The van der Waals surface area contributed by atoms with E-state index in [2.05, 4.69) is 10.5 Å². The van der Waals surface area contributed by atoms with E-state index in [1.807, 2.05) is 37.3 Å². The molecule has 0 atom stereocenters. The third kappa shape index (κ3) is 1.92. The molecule has 16 heavy (non-hydrogen) atoms. The van der Waals surface area contributed by atoms with Crippen molar-refractivity contribution in [2.45, 2.75) is 6.92 Å². The summed E-state index contributed by atoms with van der Waals surface area (Å²) in [6.45, 7) is 1.82. The van der Waals surface area contributed by atoms with E-state index in [-0.39, 0.29) is 0 Å². The SMILES string of the molecule is CC(=S)Nc1cccc2c(N=O)cccc12. The highest BCUT2D eigenvalue weighted by Gasteiger charge is 2.04. The Morgan fingerprint density at radius 1 is 1.19 bits per heavy atom. The molecule has 2 aromatic rings. The number of anilines is 1. The number of benzene rings is 2. The third-order valence-corrected chi connectivity index (χ3v) is 2.41. The van der Waals surface area contributed by atoms with E-state index in [0.717, 1.165) is 16.5 Å². The van der Waals surface area contributed by atoms with Gasteiger partial charge in [-0.05, 0) is 24.2 Å². The van der Waals surface area contributed by atoms with Gasteiger partial charge < -0.3 is 5.32 Å². The highest BCUT2D eigenvalue weighted by molar-refractivity contribution is 7.80. The molecule has 0 saturated carbocycles. The number of fused-ring (bicyclic) bond motifs is 1. The van der Waals surface area contributed by atoms with Crippen LogP contribution in [-0.2, 0) is 0 Å². The minimum Gasteiger partial charge on any atom is -0.350 e. The molecule has 1 N–H and O–H groups in total. The summed E-state index contributed by atoms with van der Waals surface area (Å²) in [6, 6.07) is 11.1. The van der Waals surface area contributed by atoms with Crippen molar-refractivity contribution in [1.29, 1.82) is 0 Å². The molecule has 80 valence electrons. The van der Waals surface area contributed by atoms with Gasteiger partial charge in [0, 0.05) is 16.5 Å². The van der Waals surface area contributed by atoms with Gasteiger partial charge in [-0.1, -0.05) is 36.5 Å². The standard InChI is InChI=1S/C12H10N2OS/c1-8(16)13-11-6-2-5-10-9(11)4-3-7-12(10)14-15/h2-7H,1H3,(H,13,16). The maximum Gasteiger partial charge on any atom is 0.115 e. The quantitative estimate of drug-likeness (QED) is 0.626. The largest absolute Gasteiger partial charge is 0.350 e. The number of rotatable bonds is 2. The normalized spacial score (nSPS) is 10.1. The molecular weight excluding hydrogens is 220 g/mol. The molecule has 0 radical (unpaired) electrons. The van der Waals surface area contributed by atoms with E-state index in [0.29, 0.717) is 10.7 Å². The van der Waals surface area contributed by atoms with Crippen molar-refractivity contribution in [3.63, 3.8) is 0 Å². The maximum atomic E-state index is 10.7. The first-order valence-corrected chi connectivity index (χ1v) is 5.26. The summed E-state index contributed by atoms with van der Waals surface area (Å²) in [5.41, 5.74) is 1.35. The van der Waals surface area contributed by atoms with Crippen LogP contribution in [0.3, 0.4) is 0 Å². The van der Waals surface area contributed by atoms with Crippen LogP contribution in [0.2, 0.25) is 0 Å². The van der Waals surface area contributed by atoms with Gasteiger partial charge in [0.1, 0.15) is 5.69 Å². The van der Waals surface area contributed by atoms with Gasteiger partial charge >= 0.3 is 0 Å². The van der Waals surface area contributed by atoms with Gasteiger partial charge in [-0.15, -0.1) is 4.91 Å². The summed E-state index contributed by atoms with van der Waals surface area (Å²) in [6.07, 6.45) is 0. The first-order chi connectivity index (χ1) is 7.72. The summed E-state index contributed by atoms with van der Waals surface area (Å²) in [5.74, 6) is 0. The predicted molar refractivity (Wildman–Crippen MR) is 71.3 cm³/mol. The minimum absolute atomic E-state index is 0.447. The number of thiocarbonyl (C=S) groups is 1. The molecule has 3 nitrogen and oxygen atoms in total. The zero-order valence-electron chi connectivity index (χ0n) is 8.73. The van der Waals surface area contributed by atoms with Crippen LogP contribution >= 0.6 is 12.2 Å². The van der Waals surface area contributed by atoms with Crippen LogP contribution in [0, 0.1) is 4.91 Å². The fraction of sp³-hybridized carbons (Fsp3) is 0.0833. The lowest BCUT2D eigenvalue weighted by Crippen LogP contribution is -2.03. The van der Waals surface area contributed by atoms with E-state index in [1.54, 1.807) is 6.07 Å². The van der Waals surface area contributed by atoms with Crippen LogP contribution < -0.4 is 5.32 Å². The van der Waals surface area contributed by atoms with Crippen LogP contribution in [0.15, 0.2) is 41.6 Å². The molecule has 0 spiro atoms. The van der Waals surface area contributed by atoms with E-state index >= 15 is 0 Å². The molecule has 0 aromatic heterocycles. The molecule has 0 unspecified atom stereocenters. The van der Waals surface area contributed by atoms with Crippen molar-refractivity contribution in [3.8, 4) is 0 Å². The summed E-state index contributed by atoms with van der Waals surface area (Å²) < 4.78 is 0. The molecule has 0 aliphatic carbocycles. The second kappa shape index (κ2) is 4.37. The van der Waals surface area contributed by atoms with Crippen molar-refractivity contribution in [2.75, 3.05) is 5.32 Å². The Hall–Kier alpha value is -1.81. The molecule has 2 aromatic carbocycles. The van der Waals surface area contributed by atoms with Crippen molar-refractivity contribution in [3.05, 3.63) is 41.3 Å². The van der Waals surface area contributed by atoms with Gasteiger partial charge in [-0.2, -0.15) is 0 Å². The number of nitroso groups, excluding NO2 is 1. The Bertz CT molecular complexity index is 566. The Morgan fingerprint density at radius 3 is 2.56 bits per heavy atom. The van der Waals surface area contributed by atoms with Gasteiger partial charge in [-0.3, -0.25) is 0 Å². The second-order valence-electron chi connectivity index (χ2n) is 3.45. The lowest BCUT2D eigenvalue weighted by Gasteiger charge is -2.08. The lowest BCUT2D eigenvalue weighted by atomic mass is 10.1. The predicted octanol–water partition coefficient (Wildman–Crippen LogP) is 4.00. The van der Waals surface area contributed by atoms with Gasteiger partial charge in [0.25, 0.3) is 0 Å². The number of hydrogen-bond acceptors (Lipinski definition) is 3. The maximum absolute atomic E-state index is 10.7. The second-order valence-corrected chi connectivity index (χ2v) is 4.06. The van der Waals surface area contributed by atoms with Gasteiger partial charge in [0.15, 0.2) is 0 Å². The topological polar surface area (TPSA) is 41.5 Å². The fourth-order valence-corrected chi connectivity index (χ4v) is 1.78. The van der Waals surface area contributed by atoms with Gasteiger partial charge in [0.2, 0.25) is 0 Å². The van der Waals surface area contributed by atoms with E-state index in [9.17, 15) is 4.91 Å². The van der Waals surface area contributed by atoms with Crippen molar-refractivity contribution in [2.24, 2.45) is 5.18 Å².